The first-order valence-corrected chi connectivity index (χ1v) is 9.27. The molecule has 0 heterocycles. The molecule has 0 aromatic heterocycles. The molecule has 0 saturated carbocycles. The zero-order valence-corrected chi connectivity index (χ0v) is 14.4. The van der Waals surface area contributed by atoms with Crippen LogP contribution in [0.1, 0.15) is 82.7 Å². The van der Waals surface area contributed by atoms with Gasteiger partial charge in [0.25, 0.3) is 0 Å². The molecule has 22 heavy (non-hydrogen) atoms. The number of unbranched alkanes of at least 4 members (excludes halogenated alkanes) is 9. The van der Waals surface area contributed by atoms with Crippen molar-refractivity contribution < 1.29 is 5.11 Å². The van der Waals surface area contributed by atoms with Gasteiger partial charge in [0.2, 0.25) is 0 Å². The first-order valence-electron chi connectivity index (χ1n) is 9.27. The number of aliphatic hydroxyl groups excluding tert-OH is 1. The molecular weight excluding hydrogens is 270 g/mol. The molecule has 0 aliphatic heterocycles. The Morgan fingerprint density at radius 2 is 1.36 bits per heavy atom. The van der Waals surface area contributed by atoms with Crippen LogP contribution in [0.3, 0.4) is 0 Å². The minimum Gasteiger partial charge on any atom is -0.394 e. The van der Waals surface area contributed by atoms with Crippen LogP contribution in [0.4, 0.5) is 0 Å². The topological polar surface area (TPSA) is 32.3 Å². The van der Waals surface area contributed by atoms with Gasteiger partial charge in [0, 0.05) is 0 Å². The van der Waals surface area contributed by atoms with E-state index in [1.165, 1.54) is 69.8 Å². The Morgan fingerprint density at radius 3 is 1.91 bits per heavy atom. The molecule has 2 nitrogen and oxygen atoms in total. The first-order chi connectivity index (χ1) is 10.9. The van der Waals surface area contributed by atoms with Crippen molar-refractivity contribution in [3.63, 3.8) is 0 Å². The summed E-state index contributed by atoms with van der Waals surface area (Å²) in [6.45, 7) is 3.44. The predicted molar refractivity (Wildman–Crippen MR) is 96.1 cm³/mol. The molecule has 1 aromatic carbocycles. The molecule has 0 bridgehead atoms. The standard InChI is InChI=1S/C20H35NO/c1-2-3-4-5-6-7-8-9-10-14-17-21-20(18-22)19-15-12-11-13-16-19/h11-13,15-16,20-22H,2-10,14,17-18H2,1H3/t20-/m1/s1. The van der Waals surface area contributed by atoms with E-state index in [-0.39, 0.29) is 12.6 Å². The van der Waals surface area contributed by atoms with Crippen molar-refractivity contribution in [2.24, 2.45) is 0 Å². The van der Waals surface area contributed by atoms with Gasteiger partial charge >= 0.3 is 0 Å². The third-order valence-corrected chi connectivity index (χ3v) is 4.31. The van der Waals surface area contributed by atoms with Crippen molar-refractivity contribution in [2.75, 3.05) is 13.2 Å². The molecular formula is C20H35NO. The molecule has 0 radical (unpaired) electrons. The Kier molecular flexibility index (Phi) is 12.0. The van der Waals surface area contributed by atoms with Crippen molar-refractivity contribution in [3.8, 4) is 0 Å². The average Bonchev–Trinajstić information content (AvgIpc) is 2.57. The molecule has 0 amide bonds. The van der Waals surface area contributed by atoms with Gasteiger partial charge in [-0.05, 0) is 18.5 Å². The molecule has 126 valence electrons. The Labute approximate surface area is 137 Å². The van der Waals surface area contributed by atoms with Gasteiger partial charge in [0.15, 0.2) is 0 Å². The highest BCUT2D eigenvalue weighted by molar-refractivity contribution is 5.18. The van der Waals surface area contributed by atoms with E-state index >= 15 is 0 Å². The van der Waals surface area contributed by atoms with E-state index in [1.54, 1.807) is 0 Å². The second-order valence-corrected chi connectivity index (χ2v) is 6.28. The maximum Gasteiger partial charge on any atom is 0.0626 e. The first kappa shape index (κ1) is 19.2. The van der Waals surface area contributed by atoms with Crippen LogP contribution in [0.15, 0.2) is 30.3 Å². The zero-order chi connectivity index (χ0) is 15.9. The minimum absolute atomic E-state index is 0.0831. The summed E-state index contributed by atoms with van der Waals surface area (Å²) in [6, 6.07) is 10.3. The van der Waals surface area contributed by atoms with Crippen LogP contribution in [0.25, 0.3) is 0 Å². The highest BCUT2D eigenvalue weighted by atomic mass is 16.3. The van der Waals surface area contributed by atoms with Crippen molar-refractivity contribution >= 4 is 0 Å². The lowest BCUT2D eigenvalue weighted by molar-refractivity contribution is 0.244. The SMILES string of the molecule is CCCCCCCCCCCCN[C@H](CO)c1ccccc1. The largest absolute Gasteiger partial charge is 0.394 e. The maximum atomic E-state index is 9.48. The van der Waals surface area contributed by atoms with Gasteiger partial charge in [-0.3, -0.25) is 0 Å². The van der Waals surface area contributed by atoms with Crippen molar-refractivity contribution in [1.29, 1.82) is 0 Å². The number of rotatable bonds is 14. The van der Waals surface area contributed by atoms with Crippen molar-refractivity contribution in [2.45, 2.75) is 77.2 Å². The summed E-state index contributed by atoms with van der Waals surface area (Å²) in [5, 5.41) is 12.9. The molecule has 1 rings (SSSR count). The van der Waals surface area contributed by atoms with Crippen LogP contribution < -0.4 is 5.32 Å². The molecule has 0 aliphatic rings. The van der Waals surface area contributed by atoms with E-state index in [0.717, 1.165) is 6.54 Å². The Morgan fingerprint density at radius 1 is 0.818 bits per heavy atom. The van der Waals surface area contributed by atoms with Crippen LogP contribution in [0, 0.1) is 0 Å². The fourth-order valence-corrected chi connectivity index (χ4v) is 2.86. The molecule has 1 aromatic rings. The minimum atomic E-state index is 0.0831. The van der Waals surface area contributed by atoms with E-state index in [9.17, 15) is 5.11 Å². The van der Waals surface area contributed by atoms with Gasteiger partial charge in [-0.15, -0.1) is 0 Å². The summed E-state index contributed by atoms with van der Waals surface area (Å²) in [5.41, 5.74) is 1.18. The van der Waals surface area contributed by atoms with Crippen LogP contribution in [0.5, 0.6) is 0 Å². The molecule has 2 N–H and O–H groups in total. The van der Waals surface area contributed by atoms with Crippen molar-refractivity contribution in [3.05, 3.63) is 35.9 Å². The molecule has 0 aliphatic carbocycles. The quantitative estimate of drug-likeness (QED) is 0.461. The van der Waals surface area contributed by atoms with E-state index in [0.29, 0.717) is 0 Å². The fraction of sp³-hybridized carbons (Fsp3) is 0.700. The third kappa shape index (κ3) is 9.22. The number of hydrogen-bond acceptors (Lipinski definition) is 2. The molecule has 0 unspecified atom stereocenters. The van der Waals surface area contributed by atoms with E-state index in [1.807, 2.05) is 18.2 Å². The summed E-state index contributed by atoms with van der Waals surface area (Å²) in [4.78, 5) is 0. The summed E-state index contributed by atoms with van der Waals surface area (Å²) in [6.07, 6.45) is 13.6. The van der Waals surface area contributed by atoms with Crippen molar-refractivity contribution in [1.82, 2.24) is 5.32 Å². The number of benzene rings is 1. The average molecular weight is 306 g/mol. The van der Waals surface area contributed by atoms with E-state index < -0.39 is 0 Å². The Hall–Kier alpha value is -0.860. The molecule has 2 heteroatoms. The zero-order valence-electron chi connectivity index (χ0n) is 14.4. The third-order valence-electron chi connectivity index (χ3n) is 4.31. The van der Waals surface area contributed by atoms with Crippen LogP contribution in [-0.4, -0.2) is 18.3 Å². The summed E-state index contributed by atoms with van der Waals surface area (Å²) in [7, 11) is 0. The van der Waals surface area contributed by atoms with Gasteiger partial charge in [0.1, 0.15) is 0 Å². The summed E-state index contributed by atoms with van der Waals surface area (Å²) in [5.74, 6) is 0. The number of nitrogens with one attached hydrogen (secondary N) is 1. The number of aliphatic hydroxyl groups is 1. The maximum absolute atomic E-state index is 9.48. The summed E-state index contributed by atoms with van der Waals surface area (Å²) >= 11 is 0. The van der Waals surface area contributed by atoms with Crippen LogP contribution >= 0.6 is 0 Å². The van der Waals surface area contributed by atoms with Crippen LogP contribution in [-0.2, 0) is 0 Å². The lowest BCUT2D eigenvalue weighted by Crippen LogP contribution is -2.25. The van der Waals surface area contributed by atoms with Gasteiger partial charge in [0.05, 0.1) is 12.6 Å². The lowest BCUT2D eigenvalue weighted by Gasteiger charge is -2.16. The van der Waals surface area contributed by atoms with E-state index in [2.05, 4.69) is 24.4 Å². The lowest BCUT2D eigenvalue weighted by atomic mass is 10.1. The summed E-state index contributed by atoms with van der Waals surface area (Å²) < 4.78 is 0. The Balaban J connectivity index is 1.94. The van der Waals surface area contributed by atoms with Gasteiger partial charge < -0.3 is 10.4 Å². The highest BCUT2D eigenvalue weighted by Gasteiger charge is 2.07. The van der Waals surface area contributed by atoms with Gasteiger partial charge in [-0.25, -0.2) is 0 Å². The Bertz CT molecular complexity index is 339. The van der Waals surface area contributed by atoms with Crippen LogP contribution in [0.2, 0.25) is 0 Å². The smallest absolute Gasteiger partial charge is 0.0626 e. The van der Waals surface area contributed by atoms with E-state index in [4.69, 9.17) is 0 Å². The molecule has 0 spiro atoms. The second-order valence-electron chi connectivity index (χ2n) is 6.28. The second kappa shape index (κ2) is 13.8. The highest BCUT2D eigenvalue weighted by Crippen LogP contribution is 2.13. The van der Waals surface area contributed by atoms with Gasteiger partial charge in [-0.1, -0.05) is 95.0 Å². The number of hydrogen-bond donors (Lipinski definition) is 2. The van der Waals surface area contributed by atoms with Gasteiger partial charge in [-0.2, -0.15) is 0 Å². The monoisotopic (exact) mass is 305 g/mol. The molecule has 0 saturated heterocycles. The molecule has 0 fully saturated rings. The normalized spacial score (nSPS) is 12.5. The molecule has 1 atom stereocenters. The predicted octanol–water partition coefficient (Wildman–Crippen LogP) is 5.23. The fourth-order valence-electron chi connectivity index (χ4n) is 2.86.